The average Bonchev–Trinajstić information content (AvgIpc) is 2.91. The molecular formula is C16H25N3O2S. The second-order valence-electron chi connectivity index (χ2n) is 5.75. The van der Waals surface area contributed by atoms with Crippen LogP contribution < -0.4 is 0 Å². The minimum atomic E-state index is 0.0168. The number of ether oxygens (including phenoxy) is 1. The van der Waals surface area contributed by atoms with Gasteiger partial charge in [-0.25, -0.2) is 4.98 Å². The highest BCUT2D eigenvalue weighted by atomic mass is 32.1. The van der Waals surface area contributed by atoms with Gasteiger partial charge in [0.15, 0.2) is 0 Å². The standard InChI is InChI=1S/C16H25N3O2S/c1-12(18(3)16(20)10-21-4)14-6-5-7-19(8-14)9-15-11-22-13(2)17-15/h6,11-12H,5,7-10H2,1-4H3/t12-/m1/s1. The number of carbonyl (C=O) groups is 1. The summed E-state index contributed by atoms with van der Waals surface area (Å²) in [5, 5.41) is 3.24. The summed E-state index contributed by atoms with van der Waals surface area (Å²) in [5.74, 6) is 0.0168. The van der Waals surface area contributed by atoms with Crippen molar-refractivity contribution in [3.05, 3.63) is 27.7 Å². The van der Waals surface area contributed by atoms with Crippen molar-refractivity contribution < 1.29 is 9.53 Å². The number of hydrogen-bond donors (Lipinski definition) is 0. The van der Waals surface area contributed by atoms with Crippen molar-refractivity contribution in [1.29, 1.82) is 0 Å². The molecule has 2 rings (SSSR count). The molecule has 5 nitrogen and oxygen atoms in total. The van der Waals surface area contributed by atoms with Crippen molar-refractivity contribution in [2.45, 2.75) is 32.9 Å². The van der Waals surface area contributed by atoms with Crippen LogP contribution in [0.15, 0.2) is 17.0 Å². The Morgan fingerprint density at radius 3 is 3.00 bits per heavy atom. The molecule has 0 spiro atoms. The maximum atomic E-state index is 12.0. The lowest BCUT2D eigenvalue weighted by atomic mass is 10.0. The van der Waals surface area contributed by atoms with Crippen molar-refractivity contribution in [3.8, 4) is 0 Å². The van der Waals surface area contributed by atoms with E-state index in [2.05, 4.69) is 28.3 Å². The number of methoxy groups -OCH3 is 1. The van der Waals surface area contributed by atoms with E-state index in [1.165, 1.54) is 5.57 Å². The van der Waals surface area contributed by atoms with E-state index in [9.17, 15) is 4.79 Å². The maximum Gasteiger partial charge on any atom is 0.248 e. The minimum absolute atomic E-state index is 0.0168. The molecule has 0 unspecified atom stereocenters. The summed E-state index contributed by atoms with van der Waals surface area (Å²) in [7, 11) is 3.39. The van der Waals surface area contributed by atoms with Crippen LogP contribution in [-0.4, -0.2) is 60.6 Å². The van der Waals surface area contributed by atoms with Crippen molar-refractivity contribution in [2.75, 3.05) is 33.9 Å². The first-order valence-corrected chi connectivity index (χ1v) is 8.46. The smallest absolute Gasteiger partial charge is 0.248 e. The molecule has 1 aliphatic rings. The summed E-state index contributed by atoms with van der Waals surface area (Å²) in [4.78, 5) is 20.7. The van der Waals surface area contributed by atoms with Gasteiger partial charge < -0.3 is 9.64 Å². The molecule has 1 aliphatic heterocycles. The van der Waals surface area contributed by atoms with Gasteiger partial charge in [-0.05, 0) is 25.8 Å². The molecule has 0 saturated carbocycles. The second-order valence-corrected chi connectivity index (χ2v) is 6.81. The Balaban J connectivity index is 1.94. The fourth-order valence-corrected chi connectivity index (χ4v) is 3.28. The molecule has 0 aromatic carbocycles. The Labute approximate surface area is 136 Å². The van der Waals surface area contributed by atoms with Gasteiger partial charge in [-0.1, -0.05) is 6.08 Å². The highest BCUT2D eigenvalue weighted by Crippen LogP contribution is 2.19. The van der Waals surface area contributed by atoms with Crippen LogP contribution in [0.2, 0.25) is 0 Å². The number of rotatable bonds is 6. The van der Waals surface area contributed by atoms with E-state index in [1.807, 2.05) is 14.0 Å². The van der Waals surface area contributed by atoms with Crippen LogP contribution in [-0.2, 0) is 16.1 Å². The molecule has 0 N–H and O–H groups in total. The Morgan fingerprint density at radius 2 is 2.36 bits per heavy atom. The lowest BCUT2D eigenvalue weighted by Gasteiger charge is -2.33. The Kier molecular flexibility index (Phi) is 6.11. The lowest BCUT2D eigenvalue weighted by Crippen LogP contribution is -2.42. The van der Waals surface area contributed by atoms with Crippen LogP contribution in [0, 0.1) is 6.92 Å². The van der Waals surface area contributed by atoms with Gasteiger partial charge in [-0.2, -0.15) is 0 Å². The molecule has 22 heavy (non-hydrogen) atoms. The number of carbonyl (C=O) groups excluding carboxylic acids is 1. The van der Waals surface area contributed by atoms with Crippen LogP contribution in [0.5, 0.6) is 0 Å². The number of aryl methyl sites for hydroxylation is 1. The van der Waals surface area contributed by atoms with Crippen LogP contribution in [0.3, 0.4) is 0 Å². The molecular weight excluding hydrogens is 298 g/mol. The molecule has 122 valence electrons. The van der Waals surface area contributed by atoms with E-state index < -0.39 is 0 Å². The molecule has 0 aliphatic carbocycles. The van der Waals surface area contributed by atoms with E-state index in [1.54, 1.807) is 23.3 Å². The van der Waals surface area contributed by atoms with Gasteiger partial charge in [-0.3, -0.25) is 9.69 Å². The fourth-order valence-electron chi connectivity index (χ4n) is 2.67. The average molecular weight is 323 g/mol. The zero-order valence-corrected chi connectivity index (χ0v) is 14.7. The third-order valence-corrected chi connectivity index (χ3v) is 4.91. The zero-order chi connectivity index (χ0) is 16.1. The zero-order valence-electron chi connectivity index (χ0n) is 13.8. The molecule has 0 fully saturated rings. The molecule has 1 aromatic heterocycles. The van der Waals surface area contributed by atoms with Gasteiger partial charge in [0.2, 0.25) is 5.91 Å². The van der Waals surface area contributed by atoms with Gasteiger partial charge in [-0.15, -0.1) is 11.3 Å². The van der Waals surface area contributed by atoms with Crippen LogP contribution in [0.1, 0.15) is 24.0 Å². The molecule has 1 atom stereocenters. The number of thiazole rings is 1. The first kappa shape index (κ1) is 17.1. The van der Waals surface area contributed by atoms with Crippen molar-refractivity contribution >= 4 is 17.2 Å². The molecule has 0 saturated heterocycles. The van der Waals surface area contributed by atoms with Crippen molar-refractivity contribution in [2.24, 2.45) is 0 Å². The molecule has 1 amide bonds. The SMILES string of the molecule is COCC(=O)N(C)[C@H](C)C1=CCCN(Cc2csc(C)n2)C1. The summed E-state index contributed by atoms with van der Waals surface area (Å²) in [6.07, 6.45) is 3.29. The third-order valence-electron chi connectivity index (χ3n) is 4.09. The number of amides is 1. The summed E-state index contributed by atoms with van der Waals surface area (Å²) >= 11 is 1.70. The van der Waals surface area contributed by atoms with Crippen LogP contribution in [0.25, 0.3) is 0 Å². The largest absolute Gasteiger partial charge is 0.375 e. The Morgan fingerprint density at radius 1 is 1.59 bits per heavy atom. The van der Waals surface area contributed by atoms with Gasteiger partial charge >= 0.3 is 0 Å². The molecule has 0 bridgehead atoms. The highest BCUT2D eigenvalue weighted by Gasteiger charge is 2.23. The van der Waals surface area contributed by atoms with E-state index in [0.29, 0.717) is 0 Å². The summed E-state index contributed by atoms with van der Waals surface area (Å²) in [6, 6.07) is 0.0996. The number of likely N-dealkylation sites (N-methyl/N-ethyl adjacent to an activating group) is 1. The van der Waals surface area contributed by atoms with Gasteiger partial charge in [0.05, 0.1) is 16.7 Å². The maximum absolute atomic E-state index is 12.0. The predicted octanol–water partition coefficient (Wildman–Crippen LogP) is 2.08. The molecule has 2 heterocycles. The quantitative estimate of drug-likeness (QED) is 0.752. The number of nitrogens with zero attached hydrogens (tertiary/aromatic N) is 3. The van der Waals surface area contributed by atoms with E-state index in [-0.39, 0.29) is 18.6 Å². The predicted molar refractivity (Wildman–Crippen MR) is 88.9 cm³/mol. The summed E-state index contributed by atoms with van der Waals surface area (Å²) in [5.41, 5.74) is 2.44. The van der Waals surface area contributed by atoms with Gasteiger partial charge in [0.1, 0.15) is 6.61 Å². The first-order valence-electron chi connectivity index (χ1n) is 7.58. The van der Waals surface area contributed by atoms with Crippen molar-refractivity contribution in [3.63, 3.8) is 0 Å². The van der Waals surface area contributed by atoms with E-state index >= 15 is 0 Å². The lowest BCUT2D eigenvalue weighted by molar-refractivity contribution is -0.135. The number of hydrogen-bond acceptors (Lipinski definition) is 5. The topological polar surface area (TPSA) is 45.7 Å². The minimum Gasteiger partial charge on any atom is -0.375 e. The highest BCUT2D eigenvalue weighted by molar-refractivity contribution is 7.09. The second kappa shape index (κ2) is 7.85. The molecule has 0 radical (unpaired) electrons. The van der Waals surface area contributed by atoms with E-state index in [4.69, 9.17) is 4.74 Å². The van der Waals surface area contributed by atoms with Crippen molar-refractivity contribution in [1.82, 2.24) is 14.8 Å². The molecule has 6 heteroatoms. The first-order chi connectivity index (χ1) is 10.5. The Hall–Kier alpha value is -1.24. The Bertz CT molecular complexity index is 541. The van der Waals surface area contributed by atoms with E-state index in [0.717, 1.165) is 36.8 Å². The summed E-state index contributed by atoms with van der Waals surface area (Å²) < 4.78 is 4.94. The van der Waals surface area contributed by atoms with Crippen LogP contribution in [0.4, 0.5) is 0 Å². The third kappa shape index (κ3) is 4.38. The fraction of sp³-hybridized carbons (Fsp3) is 0.625. The monoisotopic (exact) mass is 323 g/mol. The number of aromatic nitrogens is 1. The van der Waals surface area contributed by atoms with Gasteiger partial charge in [0, 0.05) is 39.2 Å². The summed E-state index contributed by atoms with van der Waals surface area (Å²) in [6.45, 7) is 7.06. The van der Waals surface area contributed by atoms with Crippen LogP contribution >= 0.6 is 11.3 Å². The molecule has 1 aromatic rings. The normalized spacial score (nSPS) is 17.2. The van der Waals surface area contributed by atoms with Gasteiger partial charge in [0.25, 0.3) is 0 Å².